The molecule has 1 aliphatic heterocycles. The summed E-state index contributed by atoms with van der Waals surface area (Å²) in [6.45, 7) is 0.462. The number of carbonyl (C=O) groups excluding carboxylic acids is 2. The lowest BCUT2D eigenvalue weighted by molar-refractivity contribution is -0.384. The number of non-ortho nitro benzene ring substituents is 1. The van der Waals surface area contributed by atoms with Gasteiger partial charge in [0.1, 0.15) is 0 Å². The van der Waals surface area contributed by atoms with Gasteiger partial charge in [-0.1, -0.05) is 12.1 Å². The molecule has 0 saturated carbocycles. The van der Waals surface area contributed by atoms with Crippen molar-refractivity contribution in [2.45, 2.75) is 13.0 Å². The molecular weight excluding hydrogens is 362 g/mol. The van der Waals surface area contributed by atoms with Crippen LogP contribution in [0, 0.1) is 10.1 Å². The second-order valence-electron chi connectivity index (χ2n) is 6.48. The Balaban J connectivity index is 1.55. The Morgan fingerprint density at radius 1 is 0.857 bits per heavy atom. The van der Waals surface area contributed by atoms with Crippen LogP contribution in [0.25, 0.3) is 10.9 Å². The fourth-order valence-electron chi connectivity index (χ4n) is 3.46. The van der Waals surface area contributed by atoms with Crippen LogP contribution in [-0.4, -0.2) is 32.7 Å². The Hall–Kier alpha value is -3.81. The molecule has 0 spiro atoms. The number of aryl methyl sites for hydroxylation is 1. The highest BCUT2D eigenvalue weighted by Crippen LogP contribution is 2.23. The van der Waals surface area contributed by atoms with Crippen molar-refractivity contribution < 1.29 is 14.5 Å². The van der Waals surface area contributed by atoms with Gasteiger partial charge >= 0.3 is 0 Å². The molecule has 28 heavy (non-hydrogen) atoms. The number of hydrogen-bond donors (Lipinski definition) is 0. The first-order valence-corrected chi connectivity index (χ1v) is 8.70. The average Bonchev–Trinajstić information content (AvgIpc) is 2.94. The lowest BCUT2D eigenvalue weighted by Gasteiger charge is -2.15. The molecule has 2 heterocycles. The molecular formula is C20H15N3O5. The number of pyridine rings is 1. The van der Waals surface area contributed by atoms with Crippen LogP contribution in [-0.2, 0) is 6.54 Å². The van der Waals surface area contributed by atoms with Crippen LogP contribution in [0.3, 0.4) is 0 Å². The fraction of sp³-hybridized carbons (Fsp3) is 0.150. The topological polar surface area (TPSA) is 103 Å². The second kappa shape index (κ2) is 6.73. The molecule has 2 aromatic carbocycles. The minimum Gasteiger partial charge on any atom is -0.308 e. The highest BCUT2D eigenvalue weighted by atomic mass is 16.6. The van der Waals surface area contributed by atoms with Crippen molar-refractivity contribution in [2.75, 3.05) is 6.54 Å². The Labute approximate surface area is 158 Å². The normalized spacial score (nSPS) is 13.2. The summed E-state index contributed by atoms with van der Waals surface area (Å²) in [7, 11) is 0. The third kappa shape index (κ3) is 2.84. The summed E-state index contributed by atoms with van der Waals surface area (Å²) >= 11 is 0. The number of imide groups is 1. The summed E-state index contributed by atoms with van der Waals surface area (Å²) in [5.41, 5.74) is 1.05. The lowest BCUT2D eigenvalue weighted by atomic mass is 10.1. The number of amides is 2. The van der Waals surface area contributed by atoms with Gasteiger partial charge in [0.05, 0.1) is 21.6 Å². The summed E-state index contributed by atoms with van der Waals surface area (Å²) in [5.74, 6) is -0.664. The monoisotopic (exact) mass is 377 g/mol. The summed E-state index contributed by atoms with van der Waals surface area (Å²) in [6, 6.07) is 13.9. The number of rotatable bonds is 5. The van der Waals surface area contributed by atoms with Crippen LogP contribution in [0.5, 0.6) is 0 Å². The zero-order valence-electron chi connectivity index (χ0n) is 14.7. The molecule has 2 amide bonds. The summed E-state index contributed by atoms with van der Waals surface area (Å²) in [5, 5.41) is 11.5. The maximum Gasteiger partial charge on any atom is 0.270 e. The minimum absolute atomic E-state index is 0.0521. The molecule has 0 aliphatic carbocycles. The van der Waals surface area contributed by atoms with Crippen molar-refractivity contribution in [1.82, 2.24) is 9.47 Å². The largest absolute Gasteiger partial charge is 0.308 e. The van der Waals surface area contributed by atoms with Gasteiger partial charge in [0.25, 0.3) is 23.1 Å². The zero-order valence-corrected chi connectivity index (χ0v) is 14.7. The van der Waals surface area contributed by atoms with Crippen LogP contribution in [0.4, 0.5) is 5.69 Å². The molecule has 0 N–H and O–H groups in total. The van der Waals surface area contributed by atoms with Gasteiger partial charge in [-0.3, -0.25) is 29.4 Å². The molecule has 0 saturated heterocycles. The van der Waals surface area contributed by atoms with E-state index in [9.17, 15) is 24.5 Å². The molecule has 8 heteroatoms. The van der Waals surface area contributed by atoms with Gasteiger partial charge in [-0.05, 0) is 30.7 Å². The van der Waals surface area contributed by atoms with Crippen LogP contribution in [0.1, 0.15) is 27.1 Å². The van der Waals surface area contributed by atoms with Gasteiger partial charge in [-0.25, -0.2) is 0 Å². The van der Waals surface area contributed by atoms with Crippen molar-refractivity contribution in [1.29, 1.82) is 0 Å². The molecule has 8 nitrogen and oxygen atoms in total. The molecule has 1 aliphatic rings. The summed E-state index contributed by atoms with van der Waals surface area (Å²) < 4.78 is 1.50. The van der Waals surface area contributed by atoms with Crippen molar-refractivity contribution in [2.24, 2.45) is 0 Å². The summed E-state index contributed by atoms with van der Waals surface area (Å²) in [4.78, 5) is 48.7. The second-order valence-corrected chi connectivity index (χ2v) is 6.48. The van der Waals surface area contributed by atoms with Crippen molar-refractivity contribution in [3.63, 3.8) is 0 Å². The van der Waals surface area contributed by atoms with Crippen molar-refractivity contribution in [3.05, 3.63) is 86.2 Å². The standard InChI is InChI=1S/C20H15N3O5/c24-18-9-6-13-12-14(23(27)28)7-8-17(13)21(18)10-3-11-22-19(25)15-4-1-2-5-16(15)20(22)26/h1-2,4-9,12H,3,10-11H2. The molecule has 0 unspecified atom stereocenters. The van der Waals surface area contributed by atoms with Crippen LogP contribution >= 0.6 is 0 Å². The average molecular weight is 377 g/mol. The molecule has 0 radical (unpaired) electrons. The number of nitrogens with zero attached hydrogens (tertiary/aromatic N) is 3. The molecule has 3 aromatic rings. The van der Waals surface area contributed by atoms with Gasteiger partial charge in [0.15, 0.2) is 0 Å². The highest BCUT2D eigenvalue weighted by Gasteiger charge is 2.34. The SMILES string of the molecule is O=C1c2ccccc2C(=O)N1CCCn1c(=O)ccc2cc([N+](=O)[O-])ccc21. The molecule has 140 valence electrons. The molecule has 4 rings (SSSR count). The van der Waals surface area contributed by atoms with Gasteiger partial charge in [-0.2, -0.15) is 0 Å². The number of carbonyl (C=O) groups is 2. The predicted molar refractivity (Wildman–Crippen MR) is 101 cm³/mol. The third-order valence-corrected chi connectivity index (χ3v) is 4.83. The Bertz CT molecular complexity index is 1160. The molecule has 0 bridgehead atoms. The van der Waals surface area contributed by atoms with E-state index in [1.807, 2.05) is 0 Å². The van der Waals surface area contributed by atoms with E-state index in [2.05, 4.69) is 0 Å². The number of aromatic nitrogens is 1. The van der Waals surface area contributed by atoms with Crippen LogP contribution < -0.4 is 5.56 Å². The maximum atomic E-state index is 12.4. The van der Waals surface area contributed by atoms with E-state index in [1.54, 1.807) is 30.3 Å². The Morgan fingerprint density at radius 2 is 1.54 bits per heavy atom. The Morgan fingerprint density at radius 3 is 2.18 bits per heavy atom. The number of nitro benzene ring substituents is 1. The van der Waals surface area contributed by atoms with E-state index in [0.29, 0.717) is 28.5 Å². The van der Waals surface area contributed by atoms with Gasteiger partial charge < -0.3 is 4.57 Å². The number of fused-ring (bicyclic) bond motifs is 2. The number of nitro groups is 1. The quantitative estimate of drug-likeness (QED) is 0.386. The van der Waals surface area contributed by atoms with E-state index in [1.165, 1.54) is 33.7 Å². The fourth-order valence-corrected chi connectivity index (χ4v) is 3.46. The third-order valence-electron chi connectivity index (χ3n) is 4.83. The van der Waals surface area contributed by atoms with Crippen molar-refractivity contribution >= 4 is 28.4 Å². The first kappa shape index (κ1) is 17.6. The van der Waals surface area contributed by atoms with Crippen molar-refractivity contribution in [3.8, 4) is 0 Å². The zero-order chi connectivity index (χ0) is 19.8. The van der Waals surface area contributed by atoms with E-state index in [-0.39, 0.29) is 36.2 Å². The smallest absolute Gasteiger partial charge is 0.270 e. The van der Waals surface area contributed by atoms with Gasteiger partial charge in [0.2, 0.25) is 0 Å². The van der Waals surface area contributed by atoms with Crippen LogP contribution in [0.15, 0.2) is 59.4 Å². The minimum atomic E-state index is -0.489. The molecule has 1 aromatic heterocycles. The first-order chi connectivity index (χ1) is 13.5. The number of benzene rings is 2. The van der Waals surface area contributed by atoms with E-state index in [4.69, 9.17) is 0 Å². The lowest BCUT2D eigenvalue weighted by Crippen LogP contribution is -2.32. The number of hydrogen-bond acceptors (Lipinski definition) is 5. The first-order valence-electron chi connectivity index (χ1n) is 8.70. The maximum absolute atomic E-state index is 12.4. The van der Waals surface area contributed by atoms with Gasteiger partial charge in [-0.15, -0.1) is 0 Å². The van der Waals surface area contributed by atoms with E-state index < -0.39 is 4.92 Å². The molecule has 0 fully saturated rings. The van der Waals surface area contributed by atoms with Crippen LogP contribution in [0.2, 0.25) is 0 Å². The molecule has 0 atom stereocenters. The Kier molecular flexibility index (Phi) is 4.23. The van der Waals surface area contributed by atoms with E-state index >= 15 is 0 Å². The highest BCUT2D eigenvalue weighted by molar-refractivity contribution is 6.21. The summed E-state index contributed by atoms with van der Waals surface area (Å²) in [6.07, 6.45) is 0.390. The van der Waals surface area contributed by atoms with E-state index in [0.717, 1.165) is 0 Å². The van der Waals surface area contributed by atoms with Gasteiger partial charge in [0, 0.05) is 36.7 Å². The predicted octanol–water partition coefficient (Wildman–Crippen LogP) is 2.60.